The number of hydrogen-bond donors (Lipinski definition) is 0. The second kappa shape index (κ2) is 6.75. The van der Waals surface area contributed by atoms with Gasteiger partial charge in [-0.3, -0.25) is 0 Å². The molecule has 0 saturated carbocycles. The SMILES string of the molecule is FC(F)(F)COCCC(Br)c1cc(Br)c(Cl)s1. The average Bonchev–Trinajstić information content (AvgIpc) is 2.52. The van der Waals surface area contributed by atoms with Crippen LogP contribution in [0.15, 0.2) is 10.5 Å². The number of ether oxygens (including phenoxy) is 1. The van der Waals surface area contributed by atoms with Crippen LogP contribution in [0.1, 0.15) is 16.1 Å². The summed E-state index contributed by atoms with van der Waals surface area (Å²) in [5, 5.41) is 0. The molecule has 0 N–H and O–H groups in total. The third kappa shape index (κ3) is 5.92. The molecule has 0 saturated heterocycles. The van der Waals surface area contributed by atoms with Gasteiger partial charge in [0.2, 0.25) is 0 Å². The molecule has 1 nitrogen and oxygen atoms in total. The van der Waals surface area contributed by atoms with Gasteiger partial charge in [0.15, 0.2) is 0 Å². The molecule has 0 radical (unpaired) electrons. The lowest BCUT2D eigenvalue weighted by atomic mass is 10.3. The average molecular weight is 416 g/mol. The molecule has 1 unspecified atom stereocenters. The minimum atomic E-state index is -4.27. The van der Waals surface area contributed by atoms with E-state index in [1.807, 2.05) is 6.07 Å². The summed E-state index contributed by atoms with van der Waals surface area (Å²) in [7, 11) is 0. The Morgan fingerprint density at radius 2 is 2.12 bits per heavy atom. The van der Waals surface area contributed by atoms with Gasteiger partial charge in [-0.2, -0.15) is 13.2 Å². The van der Waals surface area contributed by atoms with Gasteiger partial charge in [-0.25, -0.2) is 0 Å². The molecule has 0 aromatic carbocycles. The van der Waals surface area contributed by atoms with Gasteiger partial charge in [0.1, 0.15) is 10.9 Å². The quantitative estimate of drug-likeness (QED) is 0.451. The van der Waals surface area contributed by atoms with Crippen molar-refractivity contribution in [1.82, 2.24) is 0 Å². The monoisotopic (exact) mass is 414 g/mol. The fourth-order valence-corrected chi connectivity index (χ4v) is 3.38. The first kappa shape index (κ1) is 15.8. The highest BCUT2D eigenvalue weighted by Gasteiger charge is 2.27. The molecule has 0 amide bonds. The summed E-state index contributed by atoms with van der Waals surface area (Å²) < 4.78 is 41.4. The van der Waals surface area contributed by atoms with E-state index in [-0.39, 0.29) is 11.4 Å². The maximum Gasteiger partial charge on any atom is 0.411 e. The third-order valence-electron chi connectivity index (χ3n) is 1.75. The van der Waals surface area contributed by atoms with Crippen molar-refractivity contribution in [3.05, 3.63) is 19.8 Å². The first-order chi connectivity index (χ1) is 7.79. The topological polar surface area (TPSA) is 9.23 Å². The van der Waals surface area contributed by atoms with E-state index in [9.17, 15) is 13.2 Å². The van der Waals surface area contributed by atoms with Crippen LogP contribution in [-0.2, 0) is 4.74 Å². The summed E-state index contributed by atoms with van der Waals surface area (Å²) in [5.41, 5.74) is 0. The molecule has 1 aromatic rings. The fourth-order valence-electron chi connectivity index (χ4n) is 1.03. The Hall–Kier alpha value is 0.700. The van der Waals surface area contributed by atoms with E-state index in [4.69, 9.17) is 11.6 Å². The van der Waals surface area contributed by atoms with E-state index in [2.05, 4.69) is 36.6 Å². The summed E-state index contributed by atoms with van der Waals surface area (Å²) in [4.78, 5) is 0.905. The Morgan fingerprint density at radius 3 is 2.59 bits per heavy atom. The van der Waals surface area contributed by atoms with Gasteiger partial charge >= 0.3 is 6.18 Å². The highest BCUT2D eigenvalue weighted by atomic mass is 79.9. The number of rotatable bonds is 5. The molecular weight excluding hydrogens is 408 g/mol. The van der Waals surface area contributed by atoms with Gasteiger partial charge in [-0.05, 0) is 28.4 Å². The molecule has 0 aliphatic heterocycles. The number of hydrogen-bond acceptors (Lipinski definition) is 2. The van der Waals surface area contributed by atoms with Gasteiger partial charge in [-0.1, -0.05) is 27.5 Å². The van der Waals surface area contributed by atoms with Crippen LogP contribution in [0.2, 0.25) is 4.34 Å². The minimum absolute atomic E-state index is 0.0442. The minimum Gasteiger partial charge on any atom is -0.372 e. The highest BCUT2D eigenvalue weighted by Crippen LogP contribution is 2.39. The summed E-state index contributed by atoms with van der Waals surface area (Å²) in [5.74, 6) is 0. The summed E-state index contributed by atoms with van der Waals surface area (Å²) in [6.45, 7) is -1.16. The van der Waals surface area contributed by atoms with Crippen molar-refractivity contribution in [3.8, 4) is 0 Å². The molecule has 1 heterocycles. The second-order valence-electron chi connectivity index (χ2n) is 3.19. The van der Waals surface area contributed by atoms with Crippen LogP contribution in [0.4, 0.5) is 13.2 Å². The van der Waals surface area contributed by atoms with E-state index < -0.39 is 12.8 Å². The van der Waals surface area contributed by atoms with Gasteiger partial charge in [-0.15, -0.1) is 11.3 Å². The van der Waals surface area contributed by atoms with Crippen molar-refractivity contribution in [1.29, 1.82) is 0 Å². The molecule has 0 aliphatic carbocycles. The smallest absolute Gasteiger partial charge is 0.372 e. The van der Waals surface area contributed by atoms with Crippen LogP contribution in [0.5, 0.6) is 0 Å². The van der Waals surface area contributed by atoms with E-state index in [1.54, 1.807) is 0 Å². The molecular formula is C9H8Br2ClF3OS. The Balaban J connectivity index is 2.33. The molecule has 0 fully saturated rings. The maximum absolute atomic E-state index is 11.8. The first-order valence-electron chi connectivity index (χ1n) is 4.53. The predicted molar refractivity (Wildman–Crippen MR) is 70.2 cm³/mol. The largest absolute Gasteiger partial charge is 0.411 e. The summed E-state index contributed by atoms with van der Waals surface area (Å²) in [6, 6.07) is 1.84. The molecule has 0 aliphatic rings. The van der Waals surface area contributed by atoms with Gasteiger partial charge in [0.25, 0.3) is 0 Å². The standard InChI is InChI=1S/C9H8Br2ClF3OS/c10-5(1-2-16-4-9(13,14)15)7-3-6(11)8(12)17-7/h3,5H,1-2,4H2. The van der Waals surface area contributed by atoms with Gasteiger partial charge < -0.3 is 4.74 Å². The Kier molecular flexibility index (Phi) is 6.25. The van der Waals surface area contributed by atoms with Crippen LogP contribution in [-0.4, -0.2) is 19.4 Å². The zero-order valence-electron chi connectivity index (χ0n) is 8.36. The Bertz CT molecular complexity index is 350. The van der Waals surface area contributed by atoms with Crippen LogP contribution >= 0.6 is 54.8 Å². The molecule has 17 heavy (non-hydrogen) atoms. The lowest BCUT2D eigenvalue weighted by Crippen LogP contribution is -2.17. The molecule has 0 spiro atoms. The number of alkyl halides is 4. The van der Waals surface area contributed by atoms with Crippen LogP contribution < -0.4 is 0 Å². The van der Waals surface area contributed by atoms with Crippen LogP contribution in [0.3, 0.4) is 0 Å². The van der Waals surface area contributed by atoms with E-state index in [1.165, 1.54) is 11.3 Å². The van der Waals surface area contributed by atoms with Crippen LogP contribution in [0, 0.1) is 0 Å². The van der Waals surface area contributed by atoms with Crippen molar-refractivity contribution >= 4 is 54.8 Å². The van der Waals surface area contributed by atoms with E-state index >= 15 is 0 Å². The third-order valence-corrected chi connectivity index (χ3v) is 5.60. The normalized spacial score (nSPS) is 14.0. The van der Waals surface area contributed by atoms with Crippen LogP contribution in [0.25, 0.3) is 0 Å². The van der Waals surface area contributed by atoms with E-state index in [0.717, 1.165) is 9.35 Å². The van der Waals surface area contributed by atoms with Crippen molar-refractivity contribution in [2.24, 2.45) is 0 Å². The highest BCUT2D eigenvalue weighted by molar-refractivity contribution is 9.10. The molecule has 1 aromatic heterocycles. The number of halogens is 6. The molecule has 8 heteroatoms. The Labute approximate surface area is 123 Å². The first-order valence-corrected chi connectivity index (χ1v) is 7.43. The fraction of sp³-hybridized carbons (Fsp3) is 0.556. The zero-order valence-corrected chi connectivity index (χ0v) is 13.1. The molecule has 1 rings (SSSR count). The van der Waals surface area contributed by atoms with Crippen molar-refractivity contribution in [3.63, 3.8) is 0 Å². The molecule has 1 atom stereocenters. The van der Waals surface area contributed by atoms with E-state index in [0.29, 0.717) is 10.8 Å². The zero-order chi connectivity index (χ0) is 13.1. The summed E-state index contributed by atoms with van der Waals surface area (Å²) >= 11 is 13.9. The van der Waals surface area contributed by atoms with Crippen molar-refractivity contribution < 1.29 is 17.9 Å². The van der Waals surface area contributed by atoms with Gasteiger partial charge in [0.05, 0.1) is 4.83 Å². The second-order valence-corrected chi connectivity index (χ2v) is 6.84. The molecule has 98 valence electrons. The van der Waals surface area contributed by atoms with Gasteiger partial charge in [0, 0.05) is 16.0 Å². The maximum atomic E-state index is 11.8. The number of thiophene rings is 1. The predicted octanol–water partition coefficient (Wildman–Crippen LogP) is 5.57. The summed E-state index contributed by atoms with van der Waals surface area (Å²) in [6.07, 6.45) is -3.81. The Morgan fingerprint density at radius 1 is 1.47 bits per heavy atom. The lowest BCUT2D eigenvalue weighted by molar-refractivity contribution is -0.174. The lowest BCUT2D eigenvalue weighted by Gasteiger charge is -2.10. The van der Waals surface area contributed by atoms with Crippen molar-refractivity contribution in [2.75, 3.05) is 13.2 Å². The van der Waals surface area contributed by atoms with Crippen molar-refractivity contribution in [2.45, 2.75) is 17.4 Å². The molecule has 0 bridgehead atoms.